The SMILES string of the molecule is CC(C)C(=O)CC(O)CC(O)CC(O)C=CCC(O)CC(O)CC(O)CC(O)C=CCC(O)CC(O)CCCNC(=O)C(N)Cc1ccc(O)cc1. The molecule has 0 fully saturated rings. The van der Waals surface area contributed by atoms with Crippen LogP contribution in [0.3, 0.4) is 0 Å². The van der Waals surface area contributed by atoms with E-state index in [0.717, 1.165) is 5.56 Å². The monoisotopic (exact) mass is 740 g/mol. The van der Waals surface area contributed by atoms with Crippen molar-refractivity contribution in [2.24, 2.45) is 11.7 Å². The lowest BCUT2D eigenvalue weighted by molar-refractivity contribution is -0.124. The molecule has 298 valence electrons. The number of carbonyl (C=O) groups excluding carboxylic acids is 2. The number of ketones is 1. The van der Waals surface area contributed by atoms with Crippen LogP contribution in [0.2, 0.25) is 0 Å². The molecule has 1 rings (SSSR count). The van der Waals surface area contributed by atoms with Crippen molar-refractivity contribution in [3.8, 4) is 5.75 Å². The van der Waals surface area contributed by atoms with E-state index in [4.69, 9.17) is 5.73 Å². The summed E-state index contributed by atoms with van der Waals surface area (Å²) < 4.78 is 0. The molecule has 13 N–H and O–H groups in total. The minimum absolute atomic E-state index is 0.0511. The van der Waals surface area contributed by atoms with Gasteiger partial charge in [-0.15, -0.1) is 0 Å². The van der Waals surface area contributed by atoms with Gasteiger partial charge in [-0.1, -0.05) is 50.3 Å². The predicted molar refractivity (Wildman–Crippen MR) is 196 cm³/mol. The molecule has 0 aliphatic carbocycles. The van der Waals surface area contributed by atoms with Gasteiger partial charge in [0.05, 0.1) is 61.0 Å². The zero-order valence-corrected chi connectivity index (χ0v) is 30.5. The number of aliphatic hydroxyl groups is 9. The third-order valence-electron chi connectivity index (χ3n) is 8.56. The maximum absolute atomic E-state index is 12.2. The summed E-state index contributed by atoms with van der Waals surface area (Å²) in [7, 11) is 0. The molecule has 14 heteroatoms. The van der Waals surface area contributed by atoms with Crippen molar-refractivity contribution in [3.05, 3.63) is 54.1 Å². The van der Waals surface area contributed by atoms with Gasteiger partial charge in [0.1, 0.15) is 11.5 Å². The van der Waals surface area contributed by atoms with Crippen molar-refractivity contribution in [1.82, 2.24) is 5.32 Å². The molecule has 10 atom stereocenters. The number of benzene rings is 1. The second-order valence-corrected chi connectivity index (χ2v) is 14.2. The molecule has 1 aromatic carbocycles. The van der Waals surface area contributed by atoms with Gasteiger partial charge >= 0.3 is 0 Å². The van der Waals surface area contributed by atoms with Gasteiger partial charge in [-0.2, -0.15) is 0 Å². The molecule has 0 spiro atoms. The zero-order chi connectivity index (χ0) is 39.2. The standard InChI is InChI=1S/C38H64N2O12/c1-24(2)37(51)23-35(50)22-34(49)20-30(45)9-4-8-29(44)19-33(48)21-32(47)18-28(43)7-3-6-27(42)17-31(46)10-5-15-40-38(52)36(39)16-25-11-13-26(41)14-12-25/h3-4,7,9,11-14,24,27-36,41-50H,5-6,8,10,15-23,39H2,1-2H3,(H,40,52). The van der Waals surface area contributed by atoms with Gasteiger partial charge in [0.2, 0.25) is 5.91 Å². The molecule has 0 saturated carbocycles. The summed E-state index contributed by atoms with van der Waals surface area (Å²) in [5, 5.41) is 104. The fraction of sp³-hybridized carbons (Fsp3) is 0.684. The lowest BCUT2D eigenvalue weighted by Crippen LogP contribution is -2.42. The largest absolute Gasteiger partial charge is 0.508 e. The lowest BCUT2D eigenvalue weighted by atomic mass is 9.97. The van der Waals surface area contributed by atoms with E-state index in [1.807, 2.05) is 0 Å². The quantitative estimate of drug-likeness (QED) is 0.0406. The molecule has 0 bridgehead atoms. The second kappa shape index (κ2) is 26.1. The highest BCUT2D eigenvalue weighted by atomic mass is 16.3. The van der Waals surface area contributed by atoms with Gasteiger partial charge in [-0.3, -0.25) is 9.59 Å². The van der Waals surface area contributed by atoms with Crippen LogP contribution in [0.25, 0.3) is 0 Å². The Labute approximate surface area is 307 Å². The van der Waals surface area contributed by atoms with E-state index in [2.05, 4.69) is 5.32 Å². The first kappa shape index (κ1) is 47.3. The van der Waals surface area contributed by atoms with E-state index >= 15 is 0 Å². The predicted octanol–water partition coefficient (Wildman–Crippen LogP) is 0.255. The number of nitrogens with two attached hydrogens (primary N) is 1. The molecule has 52 heavy (non-hydrogen) atoms. The highest BCUT2D eigenvalue weighted by Crippen LogP contribution is 2.16. The normalized spacial score (nSPS) is 18.1. The number of hydrogen-bond donors (Lipinski definition) is 12. The summed E-state index contributed by atoms with van der Waals surface area (Å²) in [5.74, 6) is -0.528. The van der Waals surface area contributed by atoms with Crippen LogP contribution in [0.5, 0.6) is 5.75 Å². The fourth-order valence-electron chi connectivity index (χ4n) is 5.57. The number of carbonyl (C=O) groups is 2. The summed E-state index contributed by atoms with van der Waals surface area (Å²) >= 11 is 0. The molecule has 10 unspecified atom stereocenters. The first-order valence-corrected chi connectivity index (χ1v) is 18.2. The number of Topliss-reactive ketones (excluding diaryl/α,β-unsaturated/α-hetero) is 1. The molecule has 0 radical (unpaired) electrons. The Kier molecular flexibility index (Phi) is 23.7. The third kappa shape index (κ3) is 23.0. The van der Waals surface area contributed by atoms with Crippen LogP contribution in [0.4, 0.5) is 0 Å². The van der Waals surface area contributed by atoms with Crippen molar-refractivity contribution < 1.29 is 60.7 Å². The maximum atomic E-state index is 12.2. The minimum Gasteiger partial charge on any atom is -0.508 e. The second-order valence-electron chi connectivity index (χ2n) is 14.2. The van der Waals surface area contributed by atoms with Gasteiger partial charge < -0.3 is 62.1 Å². The minimum atomic E-state index is -1.07. The lowest BCUT2D eigenvalue weighted by Gasteiger charge is -2.19. The third-order valence-corrected chi connectivity index (χ3v) is 8.56. The van der Waals surface area contributed by atoms with Crippen LogP contribution in [-0.4, -0.2) is 130 Å². The molecule has 1 aromatic rings. The Morgan fingerprint density at radius 3 is 1.65 bits per heavy atom. The number of phenols is 1. The molecular weight excluding hydrogens is 676 g/mol. The number of amides is 1. The first-order chi connectivity index (χ1) is 24.4. The van der Waals surface area contributed by atoms with Crippen molar-refractivity contribution in [1.29, 1.82) is 0 Å². The number of nitrogens with one attached hydrogen (secondary N) is 1. The van der Waals surface area contributed by atoms with Gasteiger partial charge in [-0.25, -0.2) is 0 Å². The molecule has 0 aliphatic heterocycles. The van der Waals surface area contributed by atoms with Crippen molar-refractivity contribution in [3.63, 3.8) is 0 Å². The van der Waals surface area contributed by atoms with Crippen molar-refractivity contribution >= 4 is 11.7 Å². The molecule has 0 aromatic heterocycles. The Morgan fingerprint density at radius 2 is 1.13 bits per heavy atom. The average molecular weight is 741 g/mol. The zero-order valence-electron chi connectivity index (χ0n) is 30.5. The number of aliphatic hydroxyl groups excluding tert-OH is 9. The molecule has 1 amide bonds. The Hall–Kier alpha value is -2.76. The molecule has 0 saturated heterocycles. The van der Waals surface area contributed by atoms with Crippen molar-refractivity contribution in [2.45, 2.75) is 152 Å². The summed E-state index contributed by atoms with van der Waals surface area (Å²) in [6.07, 6.45) is -1.97. The Morgan fingerprint density at radius 1 is 0.673 bits per heavy atom. The van der Waals surface area contributed by atoms with Crippen LogP contribution < -0.4 is 11.1 Å². The molecular formula is C38H64N2O12. The van der Waals surface area contributed by atoms with E-state index in [0.29, 0.717) is 25.8 Å². The van der Waals surface area contributed by atoms with Crippen LogP contribution in [0.15, 0.2) is 48.6 Å². The van der Waals surface area contributed by atoms with Crippen LogP contribution in [0, 0.1) is 5.92 Å². The van der Waals surface area contributed by atoms with Gasteiger partial charge in [0.25, 0.3) is 0 Å². The molecule has 0 heterocycles. The highest BCUT2D eigenvalue weighted by Gasteiger charge is 2.21. The van der Waals surface area contributed by atoms with E-state index in [1.54, 1.807) is 32.1 Å². The number of aromatic hydroxyl groups is 1. The summed E-state index contributed by atoms with van der Waals surface area (Å²) in [6, 6.07) is 5.67. The summed E-state index contributed by atoms with van der Waals surface area (Å²) in [4.78, 5) is 23.9. The van der Waals surface area contributed by atoms with E-state index in [9.17, 15) is 60.7 Å². The topological polar surface area (TPSA) is 274 Å². The Balaban J connectivity index is 2.22. The number of hydrogen-bond acceptors (Lipinski definition) is 13. The average Bonchev–Trinajstić information content (AvgIpc) is 3.03. The first-order valence-electron chi connectivity index (χ1n) is 18.2. The van der Waals surface area contributed by atoms with Gasteiger partial charge in [-0.05, 0) is 75.5 Å². The maximum Gasteiger partial charge on any atom is 0.237 e. The van der Waals surface area contributed by atoms with E-state index in [1.165, 1.54) is 30.4 Å². The van der Waals surface area contributed by atoms with Gasteiger partial charge in [0.15, 0.2) is 0 Å². The fourth-order valence-corrected chi connectivity index (χ4v) is 5.57. The van der Waals surface area contributed by atoms with Crippen molar-refractivity contribution in [2.75, 3.05) is 6.54 Å². The van der Waals surface area contributed by atoms with Crippen LogP contribution in [0.1, 0.15) is 90.0 Å². The Bertz CT molecular complexity index is 1180. The van der Waals surface area contributed by atoms with Crippen LogP contribution in [-0.2, 0) is 16.0 Å². The highest BCUT2D eigenvalue weighted by molar-refractivity contribution is 5.81. The van der Waals surface area contributed by atoms with Gasteiger partial charge in [0, 0.05) is 31.7 Å². The number of phenolic OH excluding ortho intramolecular Hbond substituents is 1. The van der Waals surface area contributed by atoms with Crippen LogP contribution >= 0.6 is 0 Å². The smallest absolute Gasteiger partial charge is 0.237 e. The number of rotatable bonds is 28. The van der Waals surface area contributed by atoms with E-state index < -0.39 is 61.0 Å². The molecule has 14 nitrogen and oxygen atoms in total. The summed E-state index contributed by atoms with van der Waals surface area (Å²) in [6.45, 7) is 3.76. The summed E-state index contributed by atoms with van der Waals surface area (Å²) in [5.41, 5.74) is 6.76. The van der Waals surface area contributed by atoms with E-state index in [-0.39, 0.29) is 81.1 Å². The molecule has 0 aliphatic rings.